The third-order valence-corrected chi connectivity index (χ3v) is 3.42. The molecular formula is C11H21N3. The fraction of sp³-hybridized carbons (Fsp3) is 0.909. The summed E-state index contributed by atoms with van der Waals surface area (Å²) < 4.78 is 0. The molecule has 3 nitrogen and oxygen atoms in total. The van der Waals surface area contributed by atoms with Crippen molar-refractivity contribution in [1.29, 1.82) is 0 Å². The summed E-state index contributed by atoms with van der Waals surface area (Å²) in [5, 5.41) is 0. The lowest BCUT2D eigenvalue weighted by molar-refractivity contribution is 0.293. The summed E-state index contributed by atoms with van der Waals surface area (Å²) in [7, 11) is 0. The van der Waals surface area contributed by atoms with E-state index in [1.54, 1.807) is 0 Å². The molecule has 1 saturated heterocycles. The Bertz CT molecular complexity index is 203. The zero-order valence-electron chi connectivity index (χ0n) is 8.91. The molecule has 0 spiro atoms. The summed E-state index contributed by atoms with van der Waals surface area (Å²) in [4.78, 5) is 6.66. The molecule has 2 rings (SSSR count). The van der Waals surface area contributed by atoms with E-state index < -0.39 is 0 Å². The summed E-state index contributed by atoms with van der Waals surface area (Å²) >= 11 is 0. The monoisotopic (exact) mass is 195 g/mol. The number of rotatable bonds is 2. The summed E-state index contributed by atoms with van der Waals surface area (Å²) in [5.41, 5.74) is 5.87. The number of aliphatic imine (C=N–C) groups is 1. The van der Waals surface area contributed by atoms with Gasteiger partial charge in [0.25, 0.3) is 0 Å². The molecule has 0 bridgehead atoms. The van der Waals surface area contributed by atoms with Crippen LogP contribution in [0.25, 0.3) is 0 Å². The maximum absolute atomic E-state index is 5.87. The van der Waals surface area contributed by atoms with Crippen LogP contribution >= 0.6 is 0 Å². The van der Waals surface area contributed by atoms with Crippen LogP contribution in [0.5, 0.6) is 0 Å². The Morgan fingerprint density at radius 2 is 1.86 bits per heavy atom. The zero-order valence-corrected chi connectivity index (χ0v) is 8.91. The van der Waals surface area contributed by atoms with Crippen molar-refractivity contribution in [3.05, 3.63) is 0 Å². The normalized spacial score (nSPS) is 24.9. The minimum atomic E-state index is 0.779. The smallest absolute Gasteiger partial charge is 0.191 e. The van der Waals surface area contributed by atoms with Crippen molar-refractivity contribution in [3.63, 3.8) is 0 Å². The third-order valence-electron chi connectivity index (χ3n) is 3.42. The average Bonchev–Trinajstić information content (AvgIpc) is 2.14. The summed E-state index contributed by atoms with van der Waals surface area (Å²) in [6.45, 7) is 3.18. The summed E-state index contributed by atoms with van der Waals surface area (Å²) in [6.07, 6.45) is 8.20. The van der Waals surface area contributed by atoms with E-state index in [-0.39, 0.29) is 0 Å². The maximum atomic E-state index is 5.87. The molecule has 0 unspecified atom stereocenters. The highest BCUT2D eigenvalue weighted by Crippen LogP contribution is 2.23. The van der Waals surface area contributed by atoms with E-state index >= 15 is 0 Å². The van der Waals surface area contributed by atoms with Crippen molar-refractivity contribution in [2.45, 2.75) is 38.5 Å². The van der Waals surface area contributed by atoms with E-state index in [0.29, 0.717) is 0 Å². The Morgan fingerprint density at radius 3 is 2.43 bits per heavy atom. The van der Waals surface area contributed by atoms with Gasteiger partial charge in [0.1, 0.15) is 0 Å². The quantitative estimate of drug-likeness (QED) is 0.537. The summed E-state index contributed by atoms with van der Waals surface area (Å²) in [6, 6.07) is 0. The van der Waals surface area contributed by atoms with Gasteiger partial charge in [0, 0.05) is 19.6 Å². The Labute approximate surface area is 86.4 Å². The van der Waals surface area contributed by atoms with Crippen LogP contribution in [-0.2, 0) is 0 Å². The molecule has 14 heavy (non-hydrogen) atoms. The van der Waals surface area contributed by atoms with Crippen molar-refractivity contribution in [3.8, 4) is 0 Å². The second-order valence-corrected chi connectivity index (χ2v) is 4.54. The van der Waals surface area contributed by atoms with Gasteiger partial charge >= 0.3 is 0 Å². The van der Waals surface area contributed by atoms with E-state index in [1.165, 1.54) is 38.5 Å². The third kappa shape index (κ3) is 2.40. The Hall–Kier alpha value is -0.730. The van der Waals surface area contributed by atoms with Crippen molar-refractivity contribution in [2.24, 2.45) is 16.6 Å². The minimum Gasteiger partial charge on any atom is -0.370 e. The first-order valence-corrected chi connectivity index (χ1v) is 5.91. The van der Waals surface area contributed by atoms with E-state index in [1.807, 2.05) is 0 Å². The van der Waals surface area contributed by atoms with Crippen molar-refractivity contribution in [1.82, 2.24) is 4.90 Å². The van der Waals surface area contributed by atoms with Crippen LogP contribution in [0.3, 0.4) is 0 Å². The van der Waals surface area contributed by atoms with Crippen LogP contribution in [0.2, 0.25) is 0 Å². The predicted octanol–water partition coefficient (Wildman–Crippen LogP) is 1.59. The van der Waals surface area contributed by atoms with E-state index in [4.69, 9.17) is 5.73 Å². The van der Waals surface area contributed by atoms with E-state index in [9.17, 15) is 0 Å². The van der Waals surface area contributed by atoms with Crippen LogP contribution in [0, 0.1) is 5.92 Å². The second kappa shape index (κ2) is 4.67. The van der Waals surface area contributed by atoms with Gasteiger partial charge in [-0.1, -0.05) is 19.3 Å². The SMILES string of the molecule is NC(=NCC1CCCCC1)N1CCC1. The van der Waals surface area contributed by atoms with Crippen LogP contribution in [-0.4, -0.2) is 30.5 Å². The van der Waals surface area contributed by atoms with Crippen LogP contribution in [0.15, 0.2) is 4.99 Å². The number of hydrogen-bond acceptors (Lipinski definition) is 1. The highest BCUT2D eigenvalue weighted by Gasteiger charge is 2.17. The zero-order chi connectivity index (χ0) is 9.80. The Kier molecular flexibility index (Phi) is 3.27. The second-order valence-electron chi connectivity index (χ2n) is 4.54. The molecule has 3 heteroatoms. The van der Waals surface area contributed by atoms with Gasteiger partial charge in [0.15, 0.2) is 5.96 Å². The molecule has 0 aromatic carbocycles. The number of guanidine groups is 1. The lowest BCUT2D eigenvalue weighted by atomic mass is 9.89. The fourth-order valence-corrected chi connectivity index (χ4v) is 2.24. The number of hydrogen-bond donors (Lipinski definition) is 1. The Morgan fingerprint density at radius 1 is 1.14 bits per heavy atom. The minimum absolute atomic E-state index is 0.779. The Balaban J connectivity index is 1.73. The van der Waals surface area contributed by atoms with Crippen LogP contribution in [0.1, 0.15) is 38.5 Å². The van der Waals surface area contributed by atoms with Gasteiger partial charge in [-0.25, -0.2) is 0 Å². The molecular weight excluding hydrogens is 174 g/mol. The van der Waals surface area contributed by atoms with E-state index in [0.717, 1.165) is 31.5 Å². The molecule has 2 fully saturated rings. The van der Waals surface area contributed by atoms with Gasteiger partial charge in [0.05, 0.1) is 0 Å². The van der Waals surface area contributed by atoms with Gasteiger partial charge in [-0.05, 0) is 25.2 Å². The molecule has 1 heterocycles. The van der Waals surface area contributed by atoms with Crippen LogP contribution in [0.4, 0.5) is 0 Å². The van der Waals surface area contributed by atoms with Crippen molar-refractivity contribution in [2.75, 3.05) is 19.6 Å². The molecule has 2 N–H and O–H groups in total. The van der Waals surface area contributed by atoms with Crippen LogP contribution < -0.4 is 5.73 Å². The predicted molar refractivity (Wildman–Crippen MR) is 59.3 cm³/mol. The molecule has 1 aliphatic carbocycles. The number of likely N-dealkylation sites (tertiary alicyclic amines) is 1. The average molecular weight is 195 g/mol. The molecule has 0 atom stereocenters. The molecule has 0 amide bonds. The summed E-state index contributed by atoms with van der Waals surface area (Å²) in [5.74, 6) is 1.59. The molecule has 1 saturated carbocycles. The fourth-order valence-electron chi connectivity index (χ4n) is 2.24. The van der Waals surface area contributed by atoms with Gasteiger partial charge in [-0.3, -0.25) is 4.99 Å². The lowest BCUT2D eigenvalue weighted by Gasteiger charge is -2.32. The first kappa shape index (κ1) is 9.81. The topological polar surface area (TPSA) is 41.6 Å². The first-order chi connectivity index (χ1) is 6.86. The molecule has 2 aliphatic rings. The lowest BCUT2D eigenvalue weighted by Crippen LogP contribution is -2.46. The van der Waals surface area contributed by atoms with Gasteiger partial charge < -0.3 is 10.6 Å². The molecule has 0 aromatic heterocycles. The van der Waals surface area contributed by atoms with Gasteiger partial charge in [-0.15, -0.1) is 0 Å². The molecule has 1 aliphatic heterocycles. The molecule has 0 aromatic rings. The largest absolute Gasteiger partial charge is 0.370 e. The van der Waals surface area contributed by atoms with Crippen molar-refractivity contribution < 1.29 is 0 Å². The molecule has 80 valence electrons. The van der Waals surface area contributed by atoms with E-state index in [2.05, 4.69) is 9.89 Å². The highest BCUT2D eigenvalue weighted by molar-refractivity contribution is 5.78. The maximum Gasteiger partial charge on any atom is 0.191 e. The number of nitrogens with two attached hydrogens (primary N) is 1. The first-order valence-electron chi connectivity index (χ1n) is 5.91. The number of nitrogens with zero attached hydrogens (tertiary/aromatic N) is 2. The van der Waals surface area contributed by atoms with Gasteiger partial charge in [0.2, 0.25) is 0 Å². The van der Waals surface area contributed by atoms with Gasteiger partial charge in [-0.2, -0.15) is 0 Å². The standard InChI is InChI=1S/C11H21N3/c12-11(14-7-4-8-14)13-9-10-5-2-1-3-6-10/h10H,1-9H2,(H2,12,13). The highest BCUT2D eigenvalue weighted by atomic mass is 15.3. The van der Waals surface area contributed by atoms with Crippen molar-refractivity contribution >= 4 is 5.96 Å². The molecule has 0 radical (unpaired) electrons.